The van der Waals surface area contributed by atoms with Crippen molar-refractivity contribution in [3.8, 4) is 0 Å². The summed E-state index contributed by atoms with van der Waals surface area (Å²) in [4.78, 5) is 68.0. The van der Waals surface area contributed by atoms with Crippen LogP contribution in [0.1, 0.15) is 134 Å². The SMILES string of the molecule is COC(=O)N[C@H]1[C@@H](C)O[C@@H](O[C@H]2C/C=C(\C)[C@@H]3C=C[C@@H]4[C@@H](O[C@H]5C[C@@H](O[C@H]6CC[C@@H](O[C@@H]7C[C@@H](O)[C@@H](O)[C@H](C)O7)[C@H](C)O6)[C@@H](OC(C)=O)[C@H](C)O5)[C@@H](C)C[C@H](C)[C@H]4[C@]3(C)C(O)=C3C(=O)O[C@]4(CC(/C=C/C(C)=O)=C[C@H](O)[C@H]4C=C2C)C3=O)C[C@]1(C)N([O-])O. The van der Waals surface area contributed by atoms with E-state index >= 15 is 4.79 Å². The Morgan fingerprint density at radius 3 is 2.11 bits per heavy atom. The van der Waals surface area contributed by atoms with E-state index in [2.05, 4.69) is 25.2 Å². The van der Waals surface area contributed by atoms with Crippen molar-refractivity contribution in [2.24, 2.45) is 40.9 Å². The minimum Gasteiger partial charge on any atom is -0.762 e. The van der Waals surface area contributed by atoms with Crippen molar-refractivity contribution < 1.29 is 102 Å². The quantitative estimate of drug-likeness (QED) is 0.0294. The molecule has 0 aromatic heterocycles. The molecule has 6 N–H and O–H groups in total. The van der Waals surface area contributed by atoms with E-state index in [0.717, 1.165) is 12.7 Å². The Kier molecular flexibility index (Phi) is 20.6. The Labute approximate surface area is 514 Å². The molecule has 88 heavy (non-hydrogen) atoms. The lowest BCUT2D eigenvalue weighted by Crippen LogP contribution is -2.67. The van der Waals surface area contributed by atoms with Crippen molar-refractivity contribution in [3.05, 3.63) is 75.8 Å². The van der Waals surface area contributed by atoms with Gasteiger partial charge in [0.15, 0.2) is 42.6 Å². The lowest BCUT2D eigenvalue weighted by atomic mass is 9.49. The zero-order valence-corrected chi connectivity index (χ0v) is 52.6. The number of amides is 1. The Balaban J connectivity index is 1.05. The summed E-state index contributed by atoms with van der Waals surface area (Å²) in [5.41, 5.74) is -4.27. The van der Waals surface area contributed by atoms with Gasteiger partial charge in [-0.1, -0.05) is 62.8 Å². The minimum atomic E-state index is -2.13. The van der Waals surface area contributed by atoms with Crippen LogP contribution in [0.2, 0.25) is 0 Å². The van der Waals surface area contributed by atoms with Gasteiger partial charge in [0.25, 0.3) is 0 Å². The third-order valence-electron chi connectivity index (χ3n) is 20.2. The number of nitrogens with zero attached hydrogens (tertiary/aromatic N) is 1. The number of ketones is 2. The fourth-order valence-corrected chi connectivity index (χ4v) is 15.8. The second-order valence-electron chi connectivity index (χ2n) is 26.5. The lowest BCUT2D eigenvalue weighted by molar-refractivity contribution is -0.323. The molecule has 490 valence electrons. The number of fused-ring (bicyclic) bond motifs is 4. The van der Waals surface area contributed by atoms with E-state index in [9.17, 15) is 50.0 Å². The van der Waals surface area contributed by atoms with Crippen LogP contribution < -0.4 is 5.32 Å². The van der Waals surface area contributed by atoms with E-state index < -0.39 is 180 Å². The molecule has 6 fully saturated rings. The van der Waals surface area contributed by atoms with Crippen LogP contribution in [0.15, 0.2) is 70.6 Å². The maximum absolute atomic E-state index is 15.8. The van der Waals surface area contributed by atoms with Gasteiger partial charge in [-0.25, -0.2) is 9.59 Å². The minimum absolute atomic E-state index is 0.0978. The van der Waals surface area contributed by atoms with Gasteiger partial charge in [-0.05, 0) is 110 Å². The molecule has 24 heteroatoms. The highest BCUT2D eigenvalue weighted by molar-refractivity contribution is 6.26. The van der Waals surface area contributed by atoms with Crippen LogP contribution in [0.4, 0.5) is 4.79 Å². The first-order valence-electron chi connectivity index (χ1n) is 31.0. The molecule has 9 rings (SSSR count). The number of methoxy groups -OCH3 is 1. The summed E-state index contributed by atoms with van der Waals surface area (Å²) in [7, 11) is 1.16. The number of carbonyl (C=O) groups is 5. The Morgan fingerprint density at radius 2 is 1.45 bits per heavy atom. The summed E-state index contributed by atoms with van der Waals surface area (Å²) < 4.78 is 69.0. The van der Waals surface area contributed by atoms with Gasteiger partial charge in [-0.2, -0.15) is 0 Å². The first-order valence-corrected chi connectivity index (χ1v) is 31.0. The number of esters is 2. The van der Waals surface area contributed by atoms with Crippen molar-refractivity contribution >= 4 is 29.6 Å². The van der Waals surface area contributed by atoms with Crippen molar-refractivity contribution in [1.29, 1.82) is 0 Å². The van der Waals surface area contributed by atoms with Gasteiger partial charge >= 0.3 is 18.0 Å². The highest BCUT2D eigenvalue weighted by Gasteiger charge is 2.65. The highest BCUT2D eigenvalue weighted by Crippen LogP contribution is 2.61. The molecule has 5 heterocycles. The molecule has 4 aliphatic carbocycles. The standard InChI is InChI=1S/C64H91N2O22/c1-29-14-19-45(84-51-28-62(11,66(76)77)57(37(9)82-51)65-61(75)78-13)30(2)23-42-43(69)24-39(16-15-33(5)67)27-64(42)59(73)52(60(74)88-64)58(72)63(12)41(29)18-17-40-53(63)31(3)22-32(4)55(40)87-50-26-47(56(36(8)81-50)83-38(10)68)86-48-21-20-46(34(6)79-48)85-49-25-44(70)54(71)35(7)80-49/h14-18,23-24,31-32,34-37,40-51,53-57,69-72,76H,19-22,25-28H2,1-13H3,(H,65,75)/q-1/b16-15+,29-14+,30-23?,58-52?/t31-,32-,34-,35-,36-,37+,40-,41-,42+,43-,44+,45-,46+,47+,48-,49+,50-,51-,53+,54-,55-,56-,57-,62-,63+,64-/m0/s1. The van der Waals surface area contributed by atoms with Gasteiger partial charge in [0, 0.05) is 56.3 Å². The third kappa shape index (κ3) is 13.3. The number of allylic oxidation sites excluding steroid dienone is 5. The lowest BCUT2D eigenvalue weighted by Gasteiger charge is -2.56. The van der Waals surface area contributed by atoms with Crippen LogP contribution >= 0.6 is 0 Å². The predicted molar refractivity (Wildman–Crippen MR) is 311 cm³/mol. The number of hydroxylamine groups is 2. The van der Waals surface area contributed by atoms with E-state index in [1.165, 1.54) is 39.0 Å². The van der Waals surface area contributed by atoms with Crippen molar-refractivity contribution in [1.82, 2.24) is 10.5 Å². The highest BCUT2D eigenvalue weighted by atomic mass is 16.8. The summed E-state index contributed by atoms with van der Waals surface area (Å²) >= 11 is 0. The van der Waals surface area contributed by atoms with Crippen LogP contribution in [0.3, 0.4) is 0 Å². The molecular weight excluding hydrogens is 1150 g/mol. The van der Waals surface area contributed by atoms with Crippen LogP contribution in [0.25, 0.3) is 0 Å². The maximum atomic E-state index is 15.8. The molecule has 0 aromatic rings. The van der Waals surface area contributed by atoms with E-state index in [4.69, 9.17) is 52.1 Å². The monoisotopic (exact) mass is 1240 g/mol. The zero-order valence-electron chi connectivity index (χ0n) is 52.6. The second kappa shape index (κ2) is 26.8. The molecular formula is C64H91N2O22-. The summed E-state index contributed by atoms with van der Waals surface area (Å²) in [5.74, 6) is -6.51. The van der Waals surface area contributed by atoms with Crippen molar-refractivity contribution in [2.45, 2.75) is 250 Å². The fourth-order valence-electron chi connectivity index (χ4n) is 15.8. The zero-order chi connectivity index (χ0) is 64.2. The first-order chi connectivity index (χ1) is 41.4. The molecule has 5 aliphatic heterocycles. The molecule has 0 aromatic carbocycles. The van der Waals surface area contributed by atoms with Crippen LogP contribution in [0.5, 0.6) is 0 Å². The molecule has 0 radical (unpaired) electrons. The molecule has 26 atom stereocenters. The number of hydrogen-bond acceptors (Lipinski definition) is 23. The molecule has 1 spiro atoms. The van der Waals surface area contributed by atoms with Gasteiger partial charge in [0.1, 0.15) is 23.5 Å². The average molecular weight is 1240 g/mol. The van der Waals surface area contributed by atoms with Crippen molar-refractivity contribution in [2.75, 3.05) is 7.11 Å². The molecule has 2 bridgehead atoms. The number of aliphatic hydroxyl groups excluding tert-OH is 4. The predicted octanol–water partition coefficient (Wildman–Crippen LogP) is 6.31. The van der Waals surface area contributed by atoms with Gasteiger partial charge in [0.2, 0.25) is 5.78 Å². The first kappa shape index (κ1) is 67.6. The van der Waals surface area contributed by atoms with Gasteiger partial charge in [-0.3, -0.25) is 19.6 Å². The Morgan fingerprint density at radius 1 is 0.784 bits per heavy atom. The normalized spacial score (nSPS) is 45.4. The topological polar surface area (TPSA) is 326 Å². The maximum Gasteiger partial charge on any atom is 0.407 e. The number of rotatable bonds is 13. The smallest absolute Gasteiger partial charge is 0.407 e. The molecule has 1 saturated carbocycles. The number of ether oxygens (including phenoxy) is 11. The van der Waals surface area contributed by atoms with Gasteiger partial charge < -0.3 is 88.3 Å². The molecule has 24 nitrogen and oxygen atoms in total. The van der Waals surface area contributed by atoms with E-state index in [-0.39, 0.29) is 54.9 Å². The third-order valence-corrected chi connectivity index (χ3v) is 20.2. The van der Waals surface area contributed by atoms with E-state index in [1.807, 2.05) is 32.9 Å². The molecule has 0 unspecified atom stereocenters. The Bertz CT molecular complexity index is 2800. The number of nitrogens with one attached hydrogen (secondary N) is 1. The summed E-state index contributed by atoms with van der Waals surface area (Å²) in [5, 5.41) is 72.1. The van der Waals surface area contributed by atoms with Gasteiger partial charge in [0.05, 0.1) is 79.5 Å². The van der Waals surface area contributed by atoms with Crippen molar-refractivity contribution in [3.63, 3.8) is 0 Å². The largest absolute Gasteiger partial charge is 0.762 e. The molecule has 1 amide bonds. The number of alkyl carbamates (subject to hydrolysis) is 1. The molecule has 5 saturated heterocycles. The summed E-state index contributed by atoms with van der Waals surface area (Å²) in [6, 6.07) is -1.06. The van der Waals surface area contributed by atoms with Gasteiger partial charge in [-0.15, -0.1) is 0 Å². The van der Waals surface area contributed by atoms with E-state index in [1.54, 1.807) is 33.8 Å². The number of aliphatic hydroxyl groups is 4. The average Bonchev–Trinajstić information content (AvgIpc) is 1.35. The van der Waals surface area contributed by atoms with Crippen LogP contribution in [-0.4, -0.2) is 183 Å². The van der Waals surface area contributed by atoms with E-state index in [0.29, 0.717) is 30.4 Å². The second-order valence-corrected chi connectivity index (χ2v) is 26.5. The number of hydrogen-bond donors (Lipinski definition) is 6. The number of Topliss-reactive ketones (excluding diaryl/α,β-unsaturated/α-hetero) is 1. The summed E-state index contributed by atoms with van der Waals surface area (Å²) in [6.45, 7) is 20.7. The summed E-state index contributed by atoms with van der Waals surface area (Å²) in [6.07, 6.45) is -1.03. The van der Waals surface area contributed by atoms with Crippen LogP contribution in [-0.2, 0) is 71.3 Å². The fraction of sp³-hybridized carbons (Fsp3) is 0.734. The Hall–Kier alpha value is -4.77. The molecule has 9 aliphatic rings. The van der Waals surface area contributed by atoms with Crippen LogP contribution in [0, 0.1) is 46.1 Å². The number of carbonyl (C=O) groups excluding carboxylic acids is 5.